The monoisotopic (exact) mass is 997 g/mol. The molecule has 0 spiro atoms. The van der Waals surface area contributed by atoms with Gasteiger partial charge in [0.15, 0.2) is 6.29 Å². The Balaban J connectivity index is -0.000000426. The quantitative estimate of drug-likeness (QED) is 0.0173. The summed E-state index contributed by atoms with van der Waals surface area (Å²) in [6, 6.07) is 0. The van der Waals surface area contributed by atoms with Gasteiger partial charge in [-0.3, -0.25) is 14.4 Å². The van der Waals surface area contributed by atoms with Crippen LogP contribution in [0, 0.1) is 0 Å². The number of aliphatic carboxylic acids is 3. The van der Waals surface area contributed by atoms with Gasteiger partial charge in [0.25, 0.3) is 0 Å². The third kappa shape index (κ3) is 74.1. The Morgan fingerprint density at radius 3 is 0.729 bits per heavy atom. The minimum Gasteiger partial charge on any atom is -0.481 e. The number of unbranched alkanes of at least 4 members (excludes halogenated alkanes) is 33. The second-order valence-corrected chi connectivity index (χ2v) is 19.1. The third-order valence-electron chi connectivity index (χ3n) is 12.0. The standard InChI is InChI=1S/3C18H34O2.C5H10O5/c3*1-2-3-4-5-6-7-8-9-10-11-12-13-14-15-16-17-18(19)20;6-1-3(8)5(10)4(9)2-7/h3*9-10H,2-8,11-17H2,1H3,(H,19,20);1,3-5,7-10H,2H2/b3*10-9-;/t;;;3-,4+,5+/m...0/s1. The fraction of sp³-hybridized carbons (Fsp3) is 0.831. The molecule has 70 heavy (non-hydrogen) atoms. The van der Waals surface area contributed by atoms with Crippen molar-refractivity contribution in [1.82, 2.24) is 0 Å². The van der Waals surface area contributed by atoms with Gasteiger partial charge in [0.2, 0.25) is 0 Å². The molecule has 0 radical (unpaired) electrons. The molecule has 0 aliphatic heterocycles. The molecule has 0 rings (SSSR count). The first kappa shape index (κ1) is 73.7. The van der Waals surface area contributed by atoms with Crippen molar-refractivity contribution in [2.75, 3.05) is 6.61 Å². The molecule has 0 bridgehead atoms. The Bertz CT molecular complexity index is 1040. The number of rotatable bonds is 49. The average molecular weight is 998 g/mol. The van der Waals surface area contributed by atoms with E-state index in [2.05, 4.69) is 57.2 Å². The highest BCUT2D eigenvalue weighted by atomic mass is 16.4. The summed E-state index contributed by atoms with van der Waals surface area (Å²) in [6.07, 6.45) is 59.1. The number of carboxylic acids is 3. The molecule has 3 atom stereocenters. The first-order valence-corrected chi connectivity index (χ1v) is 28.6. The van der Waals surface area contributed by atoms with Crippen molar-refractivity contribution in [3.8, 4) is 0 Å². The lowest BCUT2D eigenvalue weighted by Crippen LogP contribution is -2.40. The SMILES string of the molecule is CCCCCCCC/C=C\CCCCCCCC(=O)O.CCCCCCCC/C=C\CCCCCCCC(=O)O.CCCCCCCC/C=C\CCCCCCCC(=O)O.O=C[C@H](O)[C@@H](O)[C@H](O)CO. The zero-order chi connectivity index (χ0) is 52.8. The first-order valence-electron chi connectivity index (χ1n) is 28.6. The van der Waals surface area contributed by atoms with Gasteiger partial charge in [-0.25, -0.2) is 0 Å². The van der Waals surface area contributed by atoms with Crippen molar-refractivity contribution in [3.63, 3.8) is 0 Å². The van der Waals surface area contributed by atoms with Crippen LogP contribution in [0.15, 0.2) is 36.5 Å². The number of aliphatic hydroxyl groups excluding tert-OH is 4. The fourth-order valence-corrected chi connectivity index (χ4v) is 7.46. The lowest BCUT2D eigenvalue weighted by atomic mass is 10.1. The topological polar surface area (TPSA) is 210 Å². The highest BCUT2D eigenvalue weighted by Gasteiger charge is 2.23. The molecule has 0 unspecified atom stereocenters. The molecule has 0 aromatic rings. The van der Waals surface area contributed by atoms with Crippen LogP contribution in [0.5, 0.6) is 0 Å². The molecule has 0 aliphatic rings. The van der Waals surface area contributed by atoms with E-state index in [4.69, 9.17) is 35.7 Å². The summed E-state index contributed by atoms with van der Waals surface area (Å²) in [5.41, 5.74) is 0. The molecule has 11 heteroatoms. The summed E-state index contributed by atoms with van der Waals surface area (Å²) in [4.78, 5) is 40.7. The van der Waals surface area contributed by atoms with E-state index in [-0.39, 0.29) is 6.29 Å². The Hall–Kier alpha value is -2.86. The molecule has 0 amide bonds. The summed E-state index contributed by atoms with van der Waals surface area (Å²) >= 11 is 0. The van der Waals surface area contributed by atoms with E-state index in [1.165, 1.54) is 212 Å². The molecule has 11 nitrogen and oxygen atoms in total. The van der Waals surface area contributed by atoms with Crippen LogP contribution in [0.2, 0.25) is 0 Å². The van der Waals surface area contributed by atoms with Crippen molar-refractivity contribution in [2.24, 2.45) is 0 Å². The Morgan fingerprint density at radius 2 is 0.543 bits per heavy atom. The number of carboxylic acid groups (broad SMARTS) is 3. The van der Waals surface area contributed by atoms with Crippen LogP contribution in [-0.4, -0.2) is 84.9 Å². The number of hydrogen-bond acceptors (Lipinski definition) is 8. The van der Waals surface area contributed by atoms with Gasteiger partial charge in [0.1, 0.15) is 18.3 Å². The molecule has 0 fully saturated rings. The zero-order valence-electron chi connectivity index (χ0n) is 45.4. The van der Waals surface area contributed by atoms with E-state index in [9.17, 15) is 19.2 Å². The number of allylic oxidation sites excluding steroid dienone is 6. The van der Waals surface area contributed by atoms with Crippen LogP contribution in [0.4, 0.5) is 0 Å². The van der Waals surface area contributed by atoms with Gasteiger partial charge < -0.3 is 40.5 Å². The van der Waals surface area contributed by atoms with Gasteiger partial charge in [-0.2, -0.15) is 0 Å². The Morgan fingerprint density at radius 1 is 0.343 bits per heavy atom. The first-order chi connectivity index (χ1) is 33.9. The van der Waals surface area contributed by atoms with Crippen molar-refractivity contribution in [1.29, 1.82) is 0 Å². The number of aliphatic hydroxyl groups is 4. The fourth-order valence-electron chi connectivity index (χ4n) is 7.46. The van der Waals surface area contributed by atoms with Gasteiger partial charge in [-0.1, -0.05) is 211 Å². The normalized spacial score (nSPS) is 12.4. The second kappa shape index (κ2) is 66.1. The summed E-state index contributed by atoms with van der Waals surface area (Å²) in [5.74, 6) is -1.99. The molecule has 0 aromatic carbocycles. The predicted molar refractivity (Wildman–Crippen MR) is 292 cm³/mol. The second-order valence-electron chi connectivity index (χ2n) is 19.1. The molecule has 414 valence electrons. The largest absolute Gasteiger partial charge is 0.481 e. The van der Waals surface area contributed by atoms with Crippen LogP contribution < -0.4 is 0 Å². The number of hydrogen-bond donors (Lipinski definition) is 7. The lowest BCUT2D eigenvalue weighted by molar-refractivity contribution is -0.138. The van der Waals surface area contributed by atoms with Gasteiger partial charge in [-0.15, -0.1) is 0 Å². The van der Waals surface area contributed by atoms with E-state index in [0.29, 0.717) is 19.3 Å². The van der Waals surface area contributed by atoms with Gasteiger partial charge >= 0.3 is 17.9 Å². The number of carbonyl (C=O) groups excluding carboxylic acids is 1. The lowest BCUT2D eigenvalue weighted by Gasteiger charge is -2.16. The summed E-state index contributed by atoms with van der Waals surface area (Å²) < 4.78 is 0. The minimum absolute atomic E-state index is 0.0869. The maximum absolute atomic E-state index is 10.3. The maximum Gasteiger partial charge on any atom is 0.303 e. The summed E-state index contributed by atoms with van der Waals surface area (Å²) in [6.45, 7) is 6.09. The molecule has 0 heterocycles. The molecular formula is C59H112O11. The molecule has 0 saturated carbocycles. The van der Waals surface area contributed by atoms with Gasteiger partial charge in [-0.05, 0) is 96.3 Å². The number of aldehydes is 1. The minimum atomic E-state index is -1.64. The highest BCUT2D eigenvalue weighted by molar-refractivity contribution is 5.67. The van der Waals surface area contributed by atoms with E-state index in [0.717, 1.165) is 38.5 Å². The van der Waals surface area contributed by atoms with Crippen LogP contribution in [-0.2, 0) is 19.2 Å². The predicted octanol–water partition coefficient (Wildman–Crippen LogP) is 15.6. The molecular weight excluding hydrogens is 885 g/mol. The van der Waals surface area contributed by atoms with Crippen LogP contribution in [0.3, 0.4) is 0 Å². The summed E-state index contributed by atoms with van der Waals surface area (Å²) in [7, 11) is 0. The van der Waals surface area contributed by atoms with Gasteiger partial charge in [0.05, 0.1) is 6.61 Å². The van der Waals surface area contributed by atoms with Crippen LogP contribution in [0.25, 0.3) is 0 Å². The molecule has 0 aliphatic carbocycles. The van der Waals surface area contributed by atoms with E-state index in [1.54, 1.807) is 0 Å². The molecule has 0 saturated heterocycles. The van der Waals surface area contributed by atoms with Crippen LogP contribution in [0.1, 0.15) is 290 Å². The Labute approximate surface area is 429 Å². The molecule has 7 N–H and O–H groups in total. The van der Waals surface area contributed by atoms with E-state index in [1.807, 2.05) is 0 Å². The Kier molecular flexibility index (Phi) is 69.6. The molecule has 0 aromatic heterocycles. The zero-order valence-corrected chi connectivity index (χ0v) is 45.4. The van der Waals surface area contributed by atoms with Crippen LogP contribution >= 0.6 is 0 Å². The van der Waals surface area contributed by atoms with Crippen molar-refractivity contribution in [2.45, 2.75) is 309 Å². The smallest absolute Gasteiger partial charge is 0.303 e. The third-order valence-corrected chi connectivity index (χ3v) is 12.0. The van der Waals surface area contributed by atoms with Crippen molar-refractivity contribution >= 4 is 24.2 Å². The number of carbonyl (C=O) groups is 4. The maximum atomic E-state index is 10.3. The average Bonchev–Trinajstić information content (AvgIpc) is 3.34. The van der Waals surface area contributed by atoms with Crippen molar-refractivity contribution in [3.05, 3.63) is 36.5 Å². The van der Waals surface area contributed by atoms with E-state index < -0.39 is 42.8 Å². The van der Waals surface area contributed by atoms with E-state index >= 15 is 0 Å². The van der Waals surface area contributed by atoms with Crippen molar-refractivity contribution < 1.29 is 54.9 Å². The highest BCUT2D eigenvalue weighted by Crippen LogP contribution is 2.13. The summed E-state index contributed by atoms with van der Waals surface area (Å²) in [5, 5.41) is 59.6. The van der Waals surface area contributed by atoms with Gasteiger partial charge in [0, 0.05) is 19.3 Å².